The SMILES string of the molecule is CNCC(O)c1cc(F)c(F)c(Cl)c1O. The quantitative estimate of drug-likeness (QED) is 0.700. The molecule has 1 atom stereocenters. The smallest absolute Gasteiger partial charge is 0.181 e. The zero-order valence-electron chi connectivity index (χ0n) is 7.89. The van der Waals surface area contributed by atoms with Gasteiger partial charge in [-0.3, -0.25) is 0 Å². The van der Waals surface area contributed by atoms with E-state index in [0.29, 0.717) is 0 Å². The Balaban J connectivity index is 3.19. The third-order valence-electron chi connectivity index (χ3n) is 1.92. The lowest BCUT2D eigenvalue weighted by Crippen LogP contribution is -2.17. The van der Waals surface area contributed by atoms with Gasteiger partial charge in [0.1, 0.15) is 10.8 Å². The molecule has 0 saturated carbocycles. The summed E-state index contributed by atoms with van der Waals surface area (Å²) in [4.78, 5) is 0. The average Bonchev–Trinajstić information content (AvgIpc) is 2.20. The minimum atomic E-state index is -1.32. The Morgan fingerprint density at radius 1 is 1.53 bits per heavy atom. The van der Waals surface area contributed by atoms with Gasteiger partial charge in [0.15, 0.2) is 11.6 Å². The Morgan fingerprint density at radius 2 is 2.13 bits per heavy atom. The van der Waals surface area contributed by atoms with Gasteiger partial charge in [-0.25, -0.2) is 8.78 Å². The van der Waals surface area contributed by atoms with Gasteiger partial charge in [0.05, 0.1) is 6.10 Å². The van der Waals surface area contributed by atoms with Gasteiger partial charge in [0, 0.05) is 12.1 Å². The van der Waals surface area contributed by atoms with Crippen LogP contribution in [0.1, 0.15) is 11.7 Å². The van der Waals surface area contributed by atoms with E-state index >= 15 is 0 Å². The summed E-state index contributed by atoms with van der Waals surface area (Å²) in [6, 6.07) is 0.721. The van der Waals surface area contributed by atoms with Crippen LogP contribution in [0.5, 0.6) is 5.75 Å². The van der Waals surface area contributed by atoms with Crippen LogP contribution in [0.3, 0.4) is 0 Å². The van der Waals surface area contributed by atoms with Crippen molar-refractivity contribution in [2.24, 2.45) is 0 Å². The summed E-state index contributed by atoms with van der Waals surface area (Å²) >= 11 is 5.34. The fourth-order valence-electron chi connectivity index (χ4n) is 1.16. The molecule has 0 saturated heterocycles. The number of hydrogen-bond donors (Lipinski definition) is 3. The molecule has 1 unspecified atom stereocenters. The molecule has 0 bridgehead atoms. The second-order valence-corrected chi connectivity index (χ2v) is 3.38. The van der Waals surface area contributed by atoms with Crippen LogP contribution < -0.4 is 5.32 Å². The monoisotopic (exact) mass is 237 g/mol. The summed E-state index contributed by atoms with van der Waals surface area (Å²) in [5, 5.41) is 20.7. The first-order chi connectivity index (χ1) is 6.99. The number of nitrogens with one attached hydrogen (secondary N) is 1. The molecule has 0 aromatic heterocycles. The zero-order valence-corrected chi connectivity index (χ0v) is 8.65. The molecule has 0 aliphatic carbocycles. The normalized spacial score (nSPS) is 12.9. The minimum Gasteiger partial charge on any atom is -0.506 e. The van der Waals surface area contributed by atoms with Gasteiger partial charge < -0.3 is 15.5 Å². The molecule has 0 amide bonds. The molecule has 84 valence electrons. The predicted molar refractivity (Wildman–Crippen MR) is 51.9 cm³/mol. The maximum absolute atomic E-state index is 12.9. The molecule has 1 aromatic rings. The topological polar surface area (TPSA) is 52.5 Å². The number of aliphatic hydroxyl groups excluding tert-OH is 1. The van der Waals surface area contributed by atoms with Crippen LogP contribution in [0, 0.1) is 11.6 Å². The van der Waals surface area contributed by atoms with Crippen LogP contribution in [0.25, 0.3) is 0 Å². The van der Waals surface area contributed by atoms with E-state index in [2.05, 4.69) is 5.32 Å². The number of aliphatic hydroxyl groups is 1. The van der Waals surface area contributed by atoms with E-state index in [-0.39, 0.29) is 12.1 Å². The minimum absolute atomic E-state index is 0.0922. The first-order valence-electron chi connectivity index (χ1n) is 4.18. The van der Waals surface area contributed by atoms with Crippen molar-refractivity contribution in [3.05, 3.63) is 28.3 Å². The van der Waals surface area contributed by atoms with E-state index in [0.717, 1.165) is 6.07 Å². The van der Waals surface area contributed by atoms with E-state index in [1.165, 1.54) is 0 Å². The highest BCUT2D eigenvalue weighted by atomic mass is 35.5. The van der Waals surface area contributed by atoms with E-state index < -0.39 is 28.5 Å². The Morgan fingerprint density at radius 3 is 2.67 bits per heavy atom. The first kappa shape index (κ1) is 12.2. The van der Waals surface area contributed by atoms with E-state index in [1.54, 1.807) is 7.05 Å². The predicted octanol–water partition coefficient (Wildman–Crippen LogP) is 1.58. The molecule has 0 heterocycles. The zero-order chi connectivity index (χ0) is 11.6. The maximum atomic E-state index is 12.9. The highest BCUT2D eigenvalue weighted by molar-refractivity contribution is 6.32. The third-order valence-corrected chi connectivity index (χ3v) is 2.27. The van der Waals surface area contributed by atoms with Gasteiger partial charge in [0.2, 0.25) is 0 Å². The Labute approximate surface area is 90.3 Å². The van der Waals surface area contributed by atoms with Gasteiger partial charge in [-0.05, 0) is 13.1 Å². The van der Waals surface area contributed by atoms with Crippen molar-refractivity contribution in [2.75, 3.05) is 13.6 Å². The molecule has 3 nitrogen and oxygen atoms in total. The highest BCUT2D eigenvalue weighted by Gasteiger charge is 2.20. The van der Waals surface area contributed by atoms with Gasteiger partial charge in [-0.1, -0.05) is 11.6 Å². The number of likely N-dealkylation sites (N-methyl/N-ethyl adjacent to an activating group) is 1. The molecular formula is C9H10ClF2NO2. The van der Waals surface area contributed by atoms with Crippen molar-refractivity contribution >= 4 is 11.6 Å². The van der Waals surface area contributed by atoms with Crippen molar-refractivity contribution in [1.82, 2.24) is 5.32 Å². The second kappa shape index (κ2) is 4.74. The molecule has 6 heteroatoms. The standard InChI is InChI=1S/C9H10ClF2NO2/c1-13-3-6(14)4-2-5(11)8(12)7(10)9(4)15/h2,6,13-15H,3H2,1H3. The molecule has 1 aromatic carbocycles. The molecule has 0 aliphatic heterocycles. The molecule has 3 N–H and O–H groups in total. The Hall–Kier alpha value is -0.910. The number of rotatable bonds is 3. The molecule has 0 radical (unpaired) electrons. The fourth-order valence-corrected chi connectivity index (χ4v) is 1.36. The highest BCUT2D eigenvalue weighted by Crippen LogP contribution is 2.35. The lowest BCUT2D eigenvalue weighted by atomic mass is 10.1. The van der Waals surface area contributed by atoms with Gasteiger partial charge >= 0.3 is 0 Å². The lowest BCUT2D eigenvalue weighted by Gasteiger charge is -2.13. The molecule has 15 heavy (non-hydrogen) atoms. The maximum Gasteiger partial charge on any atom is 0.181 e. The van der Waals surface area contributed by atoms with Crippen LogP contribution in [0.4, 0.5) is 8.78 Å². The molecule has 0 fully saturated rings. The largest absolute Gasteiger partial charge is 0.506 e. The van der Waals surface area contributed by atoms with Crippen LogP contribution in [0.2, 0.25) is 5.02 Å². The van der Waals surface area contributed by atoms with Crippen molar-refractivity contribution in [3.63, 3.8) is 0 Å². The van der Waals surface area contributed by atoms with Crippen molar-refractivity contribution < 1.29 is 19.0 Å². The second-order valence-electron chi connectivity index (χ2n) is 3.00. The van der Waals surface area contributed by atoms with Crippen LogP contribution >= 0.6 is 11.6 Å². The number of phenolic OH excluding ortho intramolecular Hbond substituents is 1. The molecule has 1 rings (SSSR count). The number of phenols is 1. The van der Waals surface area contributed by atoms with Gasteiger partial charge in [-0.15, -0.1) is 0 Å². The number of aromatic hydroxyl groups is 1. The van der Waals surface area contributed by atoms with Crippen molar-refractivity contribution in [1.29, 1.82) is 0 Å². The first-order valence-corrected chi connectivity index (χ1v) is 4.55. The average molecular weight is 238 g/mol. The molecular weight excluding hydrogens is 228 g/mol. The van der Waals surface area contributed by atoms with E-state index in [9.17, 15) is 19.0 Å². The van der Waals surface area contributed by atoms with Gasteiger partial charge in [-0.2, -0.15) is 0 Å². The number of benzene rings is 1. The third kappa shape index (κ3) is 2.37. The Kier molecular flexibility index (Phi) is 3.84. The summed E-state index contributed by atoms with van der Waals surface area (Å²) in [5.41, 5.74) is -0.145. The summed E-state index contributed by atoms with van der Waals surface area (Å²) in [7, 11) is 1.57. The van der Waals surface area contributed by atoms with Crippen molar-refractivity contribution in [3.8, 4) is 5.75 Å². The van der Waals surface area contributed by atoms with E-state index in [4.69, 9.17) is 11.6 Å². The number of hydrogen-bond acceptors (Lipinski definition) is 3. The van der Waals surface area contributed by atoms with Crippen LogP contribution in [-0.4, -0.2) is 23.8 Å². The van der Waals surface area contributed by atoms with E-state index in [1.807, 2.05) is 0 Å². The van der Waals surface area contributed by atoms with Crippen molar-refractivity contribution in [2.45, 2.75) is 6.10 Å². The summed E-state index contributed by atoms with van der Waals surface area (Å²) in [6.45, 7) is 0.0922. The van der Waals surface area contributed by atoms with Crippen LogP contribution in [0.15, 0.2) is 6.07 Å². The van der Waals surface area contributed by atoms with Gasteiger partial charge in [0.25, 0.3) is 0 Å². The lowest BCUT2D eigenvalue weighted by molar-refractivity contribution is 0.173. The Bertz CT molecular complexity index is 374. The summed E-state index contributed by atoms with van der Waals surface area (Å²) in [6.07, 6.45) is -1.15. The number of halogens is 3. The summed E-state index contributed by atoms with van der Waals surface area (Å²) in [5.74, 6) is -3.17. The fraction of sp³-hybridized carbons (Fsp3) is 0.333. The molecule has 0 aliphatic rings. The molecule has 0 spiro atoms. The van der Waals surface area contributed by atoms with Crippen LogP contribution in [-0.2, 0) is 0 Å². The summed E-state index contributed by atoms with van der Waals surface area (Å²) < 4.78 is 25.8.